The highest BCUT2D eigenvalue weighted by atomic mass is 35.5. The Morgan fingerprint density at radius 3 is 2.32 bits per heavy atom. The number of halogens is 1. The lowest BCUT2D eigenvalue weighted by atomic mass is 9.49. The van der Waals surface area contributed by atoms with Crippen LogP contribution >= 0.6 is 11.6 Å². The van der Waals surface area contributed by atoms with E-state index >= 15 is 0 Å². The van der Waals surface area contributed by atoms with Crippen LogP contribution in [0.1, 0.15) is 67.3 Å². The van der Waals surface area contributed by atoms with Gasteiger partial charge in [-0.05, 0) is 105 Å². The number of nitrogens with one attached hydrogen (secondary N) is 2. The summed E-state index contributed by atoms with van der Waals surface area (Å²) in [5.74, 6) is 2.54. The van der Waals surface area contributed by atoms with E-state index in [-0.39, 0.29) is 5.91 Å². The highest BCUT2D eigenvalue weighted by molar-refractivity contribution is 6.33. The van der Waals surface area contributed by atoms with Gasteiger partial charge in [-0.2, -0.15) is 0 Å². The van der Waals surface area contributed by atoms with Gasteiger partial charge in [-0.1, -0.05) is 17.7 Å². The third-order valence-electron chi connectivity index (χ3n) is 7.97. The summed E-state index contributed by atoms with van der Waals surface area (Å²) in [5.41, 5.74) is 0.737. The Hall–Kier alpha value is -1.10. The quantitative estimate of drug-likeness (QED) is 0.716. The average Bonchev–Trinajstić information content (AvgIpc) is 2.66. The highest BCUT2D eigenvalue weighted by Gasteiger charge is 2.50. The number of rotatable bonds is 4. The predicted molar refractivity (Wildman–Crippen MR) is 110 cm³/mol. The van der Waals surface area contributed by atoms with Crippen molar-refractivity contribution in [3.05, 3.63) is 34.3 Å². The molecule has 4 saturated carbocycles. The summed E-state index contributed by atoms with van der Waals surface area (Å²) in [6.07, 6.45) is 9.38. The molecule has 1 aromatic carbocycles. The smallest absolute Gasteiger partial charge is 0.252 e. The first-order chi connectivity index (χ1) is 13.4. The fraction of sp³-hybridized carbons (Fsp3) is 0.696. The Morgan fingerprint density at radius 1 is 1.11 bits per heavy atom. The van der Waals surface area contributed by atoms with Crippen molar-refractivity contribution in [2.75, 3.05) is 19.6 Å². The Kier molecular flexibility index (Phi) is 4.72. The first-order valence-corrected chi connectivity index (χ1v) is 11.3. The molecule has 4 bridgehead atoms. The maximum absolute atomic E-state index is 13.0. The maximum atomic E-state index is 13.0. The summed E-state index contributed by atoms with van der Waals surface area (Å²) >= 11 is 6.38. The molecule has 5 heteroatoms. The van der Waals surface area contributed by atoms with Crippen molar-refractivity contribution in [1.29, 1.82) is 0 Å². The van der Waals surface area contributed by atoms with Gasteiger partial charge < -0.3 is 15.7 Å². The molecule has 0 unspecified atom stereocenters. The third-order valence-corrected chi connectivity index (χ3v) is 8.30. The van der Waals surface area contributed by atoms with Crippen molar-refractivity contribution >= 4 is 17.5 Å². The van der Waals surface area contributed by atoms with Gasteiger partial charge in [-0.25, -0.2) is 0 Å². The van der Waals surface area contributed by atoms with E-state index in [9.17, 15) is 9.90 Å². The molecule has 5 fully saturated rings. The van der Waals surface area contributed by atoms with Crippen molar-refractivity contribution in [2.24, 2.45) is 23.2 Å². The lowest BCUT2D eigenvalue weighted by molar-refractivity contribution is -0.0503. The van der Waals surface area contributed by atoms with Crippen LogP contribution in [0.15, 0.2) is 18.2 Å². The maximum Gasteiger partial charge on any atom is 0.252 e. The van der Waals surface area contributed by atoms with E-state index in [0.717, 1.165) is 43.0 Å². The Labute approximate surface area is 172 Å². The lowest BCUT2D eigenvalue weighted by Gasteiger charge is -2.56. The Bertz CT molecular complexity index is 737. The number of hydrogen-bond donors (Lipinski definition) is 3. The average molecular weight is 403 g/mol. The normalized spacial score (nSPS) is 35.7. The number of benzene rings is 1. The molecule has 0 radical (unpaired) electrons. The van der Waals surface area contributed by atoms with Crippen molar-refractivity contribution in [2.45, 2.75) is 57.0 Å². The number of amides is 1. The SMILES string of the molecule is O=C(NCC12CC3CC(CC(C3)C1)C2)c1cc(C2(O)CCNCC2)ccc1Cl. The van der Waals surface area contributed by atoms with Crippen LogP contribution in [0, 0.1) is 23.2 Å². The summed E-state index contributed by atoms with van der Waals surface area (Å²) in [6, 6.07) is 5.43. The molecule has 0 aromatic heterocycles. The van der Waals surface area contributed by atoms with E-state index in [1.165, 1.54) is 38.5 Å². The van der Waals surface area contributed by atoms with E-state index in [0.29, 0.717) is 28.8 Å². The molecule has 1 saturated heterocycles. The minimum atomic E-state index is -0.870. The first kappa shape index (κ1) is 18.9. The molecule has 28 heavy (non-hydrogen) atoms. The van der Waals surface area contributed by atoms with Crippen molar-refractivity contribution in [3.63, 3.8) is 0 Å². The van der Waals surface area contributed by atoms with Gasteiger partial charge in [0.15, 0.2) is 0 Å². The summed E-state index contributed by atoms with van der Waals surface area (Å²) in [7, 11) is 0. The Morgan fingerprint density at radius 2 is 1.71 bits per heavy atom. The molecule has 1 aliphatic heterocycles. The van der Waals surface area contributed by atoms with Gasteiger partial charge in [0.05, 0.1) is 16.2 Å². The first-order valence-electron chi connectivity index (χ1n) is 11.0. The van der Waals surface area contributed by atoms with Crippen LogP contribution < -0.4 is 10.6 Å². The molecule has 1 aromatic rings. The van der Waals surface area contributed by atoms with Crippen LogP contribution in [0.2, 0.25) is 5.02 Å². The fourth-order valence-electron chi connectivity index (χ4n) is 6.99. The van der Waals surface area contributed by atoms with Gasteiger partial charge in [-0.3, -0.25) is 4.79 Å². The molecule has 5 aliphatic rings. The van der Waals surface area contributed by atoms with Crippen LogP contribution in [0.3, 0.4) is 0 Å². The molecule has 4 aliphatic carbocycles. The van der Waals surface area contributed by atoms with E-state index in [4.69, 9.17) is 11.6 Å². The molecule has 152 valence electrons. The van der Waals surface area contributed by atoms with Gasteiger partial charge in [-0.15, -0.1) is 0 Å². The second-order valence-corrected chi connectivity index (χ2v) is 10.5. The topological polar surface area (TPSA) is 61.4 Å². The van der Waals surface area contributed by atoms with Crippen LogP contribution in [-0.2, 0) is 5.60 Å². The van der Waals surface area contributed by atoms with Crippen LogP contribution in [0.4, 0.5) is 0 Å². The van der Waals surface area contributed by atoms with Crippen LogP contribution in [-0.4, -0.2) is 30.6 Å². The molecule has 1 heterocycles. The van der Waals surface area contributed by atoms with E-state index < -0.39 is 5.60 Å². The number of aliphatic hydroxyl groups is 1. The molecule has 0 spiro atoms. The molecular weight excluding hydrogens is 372 g/mol. The molecule has 3 N–H and O–H groups in total. The number of carbonyl (C=O) groups is 1. The van der Waals surface area contributed by atoms with Gasteiger partial charge in [0.2, 0.25) is 0 Å². The third kappa shape index (κ3) is 3.38. The van der Waals surface area contributed by atoms with Crippen molar-refractivity contribution in [3.8, 4) is 0 Å². The van der Waals surface area contributed by atoms with Crippen molar-refractivity contribution in [1.82, 2.24) is 10.6 Å². The van der Waals surface area contributed by atoms with Crippen LogP contribution in [0.5, 0.6) is 0 Å². The zero-order chi connectivity index (χ0) is 19.4. The number of hydrogen-bond acceptors (Lipinski definition) is 3. The summed E-state index contributed by atoms with van der Waals surface area (Å²) in [4.78, 5) is 13.0. The predicted octanol–water partition coefficient (Wildman–Crippen LogP) is 3.86. The van der Waals surface area contributed by atoms with Gasteiger partial charge in [0.1, 0.15) is 0 Å². The largest absolute Gasteiger partial charge is 0.385 e. The zero-order valence-electron chi connectivity index (χ0n) is 16.5. The highest BCUT2D eigenvalue weighted by Crippen LogP contribution is 2.59. The standard InChI is InChI=1S/C23H31ClN2O2/c24-20-2-1-18(23(28)3-5-25-6-4-23)10-19(20)21(27)26-14-22-11-15-7-16(12-22)9-17(8-15)13-22/h1-2,10,15-17,25,28H,3-9,11-14H2,(H,26,27). The molecule has 4 nitrogen and oxygen atoms in total. The minimum absolute atomic E-state index is 0.0971. The Balaban J connectivity index is 1.31. The second-order valence-electron chi connectivity index (χ2n) is 10.1. The monoisotopic (exact) mass is 402 g/mol. The fourth-order valence-corrected chi connectivity index (χ4v) is 7.19. The van der Waals surface area contributed by atoms with Gasteiger partial charge >= 0.3 is 0 Å². The van der Waals surface area contributed by atoms with Gasteiger partial charge in [0.25, 0.3) is 5.91 Å². The minimum Gasteiger partial charge on any atom is -0.385 e. The summed E-state index contributed by atoms with van der Waals surface area (Å²) in [5, 5.41) is 18.0. The molecule has 0 atom stereocenters. The van der Waals surface area contributed by atoms with Crippen LogP contribution in [0.25, 0.3) is 0 Å². The van der Waals surface area contributed by atoms with E-state index in [2.05, 4.69) is 10.6 Å². The van der Waals surface area contributed by atoms with E-state index in [1.54, 1.807) is 6.07 Å². The van der Waals surface area contributed by atoms with Crippen molar-refractivity contribution < 1.29 is 9.90 Å². The van der Waals surface area contributed by atoms with E-state index in [1.807, 2.05) is 12.1 Å². The number of piperidine rings is 1. The molecule has 1 amide bonds. The van der Waals surface area contributed by atoms with Gasteiger partial charge in [0, 0.05) is 6.54 Å². The summed E-state index contributed by atoms with van der Waals surface area (Å²) in [6.45, 7) is 2.34. The number of carbonyl (C=O) groups excluding carboxylic acids is 1. The zero-order valence-corrected chi connectivity index (χ0v) is 17.2. The summed E-state index contributed by atoms with van der Waals surface area (Å²) < 4.78 is 0. The second kappa shape index (κ2) is 7.00. The lowest BCUT2D eigenvalue weighted by Crippen LogP contribution is -2.51. The molecule has 6 rings (SSSR count). The molecular formula is C23H31ClN2O2.